The zero-order chi connectivity index (χ0) is 22.8. The summed E-state index contributed by atoms with van der Waals surface area (Å²) in [5, 5.41) is 4.11. The Hall–Kier alpha value is -3.12. The van der Waals surface area contributed by atoms with Crippen molar-refractivity contribution >= 4 is 16.9 Å². The van der Waals surface area contributed by atoms with E-state index in [1.165, 1.54) is 5.56 Å². The minimum atomic E-state index is -0.633. The molecule has 1 saturated heterocycles. The third kappa shape index (κ3) is 4.81. The number of nitrogens with zero attached hydrogens (tertiary/aromatic N) is 1. The topological polar surface area (TPSA) is 71.8 Å². The maximum Gasteiger partial charge on any atom is 0.339 e. The van der Waals surface area contributed by atoms with E-state index in [0.29, 0.717) is 11.3 Å². The van der Waals surface area contributed by atoms with Crippen molar-refractivity contribution in [3.8, 4) is 5.75 Å². The van der Waals surface area contributed by atoms with Gasteiger partial charge in [-0.15, -0.1) is 0 Å². The van der Waals surface area contributed by atoms with Crippen LogP contribution in [0, 0.1) is 0 Å². The second kappa shape index (κ2) is 9.40. The van der Waals surface area contributed by atoms with Crippen LogP contribution >= 0.6 is 0 Å². The molecule has 33 heavy (non-hydrogen) atoms. The van der Waals surface area contributed by atoms with Crippen LogP contribution in [0.4, 0.5) is 0 Å². The highest BCUT2D eigenvalue weighted by Crippen LogP contribution is 2.30. The molecule has 6 heteroatoms. The summed E-state index contributed by atoms with van der Waals surface area (Å²) < 4.78 is 11.4. The number of amides is 1. The van der Waals surface area contributed by atoms with Crippen molar-refractivity contribution in [3.05, 3.63) is 75.6 Å². The van der Waals surface area contributed by atoms with Gasteiger partial charge in [0.1, 0.15) is 11.3 Å². The summed E-state index contributed by atoms with van der Waals surface area (Å²) >= 11 is 0. The van der Waals surface area contributed by atoms with Gasteiger partial charge in [0.2, 0.25) is 0 Å². The lowest BCUT2D eigenvalue weighted by Gasteiger charge is -2.32. The number of likely N-dealkylation sites (tertiary alicyclic amines) is 1. The Balaban J connectivity index is 1.16. The molecule has 6 nitrogen and oxygen atoms in total. The smallest absolute Gasteiger partial charge is 0.339 e. The Labute approximate surface area is 193 Å². The molecule has 1 aromatic heterocycles. The summed E-state index contributed by atoms with van der Waals surface area (Å²) in [5.74, 6) is 0.413. The van der Waals surface area contributed by atoms with Gasteiger partial charge in [-0.05, 0) is 62.3 Å². The van der Waals surface area contributed by atoms with Crippen LogP contribution in [0.25, 0.3) is 11.0 Å². The zero-order valence-electron chi connectivity index (χ0n) is 19.0. The van der Waals surface area contributed by atoms with Crippen molar-refractivity contribution in [3.63, 3.8) is 0 Å². The largest absolute Gasteiger partial charge is 0.481 e. The Morgan fingerprint density at radius 1 is 1.12 bits per heavy atom. The molecular weight excluding hydrogens is 416 g/mol. The summed E-state index contributed by atoms with van der Waals surface area (Å²) in [6.07, 6.45) is 3.90. The fourth-order valence-electron chi connectivity index (χ4n) is 4.99. The number of fused-ring (bicyclic) bond motifs is 3. The third-order valence-corrected chi connectivity index (χ3v) is 6.81. The van der Waals surface area contributed by atoms with Crippen LogP contribution in [-0.4, -0.2) is 36.0 Å². The first-order valence-corrected chi connectivity index (χ1v) is 11.9. The quantitative estimate of drug-likeness (QED) is 0.583. The van der Waals surface area contributed by atoms with E-state index >= 15 is 0 Å². The van der Waals surface area contributed by atoms with E-state index in [4.69, 9.17) is 9.15 Å². The Kier molecular flexibility index (Phi) is 6.18. The van der Waals surface area contributed by atoms with Gasteiger partial charge in [-0.3, -0.25) is 9.69 Å². The predicted molar refractivity (Wildman–Crippen MR) is 127 cm³/mol. The first-order chi connectivity index (χ1) is 16.1. The van der Waals surface area contributed by atoms with Crippen molar-refractivity contribution in [1.29, 1.82) is 0 Å². The summed E-state index contributed by atoms with van der Waals surface area (Å²) in [5.41, 5.74) is 3.49. The number of hydrogen-bond acceptors (Lipinski definition) is 5. The molecule has 1 N–H and O–H groups in total. The summed E-state index contributed by atoms with van der Waals surface area (Å²) in [7, 11) is 0. The Morgan fingerprint density at radius 3 is 2.67 bits per heavy atom. The molecular formula is C27H30N2O4. The number of carbonyl (C=O) groups is 1. The first kappa shape index (κ1) is 21.7. The van der Waals surface area contributed by atoms with Gasteiger partial charge in [0.15, 0.2) is 6.10 Å². The fourth-order valence-corrected chi connectivity index (χ4v) is 4.99. The summed E-state index contributed by atoms with van der Waals surface area (Å²) in [6.45, 7) is 4.62. The van der Waals surface area contributed by atoms with Gasteiger partial charge in [0.05, 0.1) is 0 Å². The number of ether oxygens (including phenoxy) is 1. The van der Waals surface area contributed by atoms with E-state index in [0.717, 1.165) is 68.3 Å². The normalized spacial score (nSPS) is 17.6. The predicted octanol–water partition coefficient (Wildman–Crippen LogP) is 3.83. The van der Waals surface area contributed by atoms with Gasteiger partial charge < -0.3 is 14.5 Å². The van der Waals surface area contributed by atoms with Crippen LogP contribution in [0.15, 0.2) is 57.7 Å². The highest BCUT2D eigenvalue weighted by atomic mass is 16.5. The van der Waals surface area contributed by atoms with Crippen molar-refractivity contribution < 1.29 is 13.9 Å². The fraction of sp³-hybridized carbons (Fsp3) is 0.407. The second-order valence-electron chi connectivity index (χ2n) is 9.16. The Morgan fingerprint density at radius 2 is 1.88 bits per heavy atom. The van der Waals surface area contributed by atoms with Gasteiger partial charge >= 0.3 is 5.63 Å². The van der Waals surface area contributed by atoms with E-state index in [-0.39, 0.29) is 17.6 Å². The minimum Gasteiger partial charge on any atom is -0.481 e. The summed E-state index contributed by atoms with van der Waals surface area (Å²) in [4.78, 5) is 27.4. The molecule has 2 heterocycles. The van der Waals surface area contributed by atoms with Crippen LogP contribution < -0.4 is 15.7 Å². The number of piperidine rings is 1. The van der Waals surface area contributed by atoms with E-state index in [9.17, 15) is 9.59 Å². The average Bonchev–Trinajstić information content (AvgIpc) is 3.32. The number of aryl methyl sites for hydroxylation is 1. The third-order valence-electron chi connectivity index (χ3n) is 6.81. The minimum absolute atomic E-state index is 0.119. The molecule has 5 rings (SSSR count). The highest BCUT2D eigenvalue weighted by Gasteiger charge is 2.24. The molecule has 172 valence electrons. The number of hydrogen-bond donors (Lipinski definition) is 1. The van der Waals surface area contributed by atoms with Crippen molar-refractivity contribution in [2.75, 3.05) is 13.1 Å². The molecule has 1 aliphatic heterocycles. The van der Waals surface area contributed by atoms with Gasteiger partial charge in [-0.1, -0.05) is 30.3 Å². The SMILES string of the molecule is C[C@H](Oc1ccc2c3c(c(=O)oc2c1)CCC3)C(=O)NC1CCN(Cc2ccccc2)CC1. The van der Waals surface area contributed by atoms with Crippen molar-refractivity contribution in [2.45, 2.75) is 57.7 Å². The molecule has 0 unspecified atom stereocenters. The van der Waals surface area contributed by atoms with Gasteiger partial charge in [-0.2, -0.15) is 0 Å². The van der Waals surface area contributed by atoms with Crippen LogP contribution in [0.3, 0.4) is 0 Å². The van der Waals surface area contributed by atoms with Crippen LogP contribution in [0.2, 0.25) is 0 Å². The maximum absolute atomic E-state index is 12.7. The molecule has 0 radical (unpaired) electrons. The Bertz CT molecular complexity index is 1200. The van der Waals surface area contributed by atoms with E-state index in [1.807, 2.05) is 18.2 Å². The van der Waals surface area contributed by atoms with Crippen LogP contribution in [0.5, 0.6) is 5.75 Å². The van der Waals surface area contributed by atoms with E-state index in [1.54, 1.807) is 13.0 Å². The molecule has 1 atom stereocenters. The number of rotatable bonds is 6. The lowest BCUT2D eigenvalue weighted by atomic mass is 10.0. The number of carbonyl (C=O) groups excluding carboxylic acids is 1. The van der Waals surface area contributed by atoms with Crippen LogP contribution in [-0.2, 0) is 24.2 Å². The standard InChI is InChI=1S/C27H30N2O4/c1-18(26(30)28-20-12-14-29(15-13-20)17-19-6-3-2-4-7-19)32-21-10-11-23-22-8-5-9-24(22)27(31)33-25(23)16-21/h2-4,6-7,10-11,16,18,20H,5,8-9,12-15,17H2,1H3,(H,28,30)/t18-/m0/s1. The molecule has 3 aromatic rings. The highest BCUT2D eigenvalue weighted by molar-refractivity contribution is 5.84. The number of nitrogens with one attached hydrogen (secondary N) is 1. The average molecular weight is 447 g/mol. The number of benzene rings is 2. The van der Waals surface area contributed by atoms with E-state index < -0.39 is 6.10 Å². The molecule has 1 aliphatic carbocycles. The maximum atomic E-state index is 12.7. The molecule has 0 bridgehead atoms. The lowest BCUT2D eigenvalue weighted by molar-refractivity contribution is -0.128. The second-order valence-corrected chi connectivity index (χ2v) is 9.16. The lowest BCUT2D eigenvalue weighted by Crippen LogP contribution is -2.47. The van der Waals surface area contributed by atoms with Crippen molar-refractivity contribution in [2.24, 2.45) is 0 Å². The monoisotopic (exact) mass is 446 g/mol. The molecule has 0 spiro atoms. The van der Waals surface area contributed by atoms with Crippen molar-refractivity contribution in [1.82, 2.24) is 10.2 Å². The molecule has 0 saturated carbocycles. The first-order valence-electron chi connectivity index (χ1n) is 11.9. The van der Waals surface area contributed by atoms with Gasteiger partial charge in [0, 0.05) is 42.7 Å². The van der Waals surface area contributed by atoms with Crippen LogP contribution in [0.1, 0.15) is 42.9 Å². The van der Waals surface area contributed by atoms with Gasteiger partial charge in [-0.25, -0.2) is 4.79 Å². The molecule has 2 aromatic carbocycles. The van der Waals surface area contributed by atoms with E-state index in [2.05, 4.69) is 34.5 Å². The zero-order valence-corrected chi connectivity index (χ0v) is 19.0. The van der Waals surface area contributed by atoms with Gasteiger partial charge in [0.25, 0.3) is 5.91 Å². The molecule has 1 fully saturated rings. The molecule has 1 amide bonds. The molecule has 2 aliphatic rings. The summed E-state index contributed by atoms with van der Waals surface area (Å²) in [6, 6.07) is 16.1.